The Morgan fingerprint density at radius 2 is 2.00 bits per heavy atom. The van der Waals surface area contributed by atoms with Crippen molar-refractivity contribution >= 4 is 15.9 Å². The molecule has 1 aliphatic heterocycles. The van der Waals surface area contributed by atoms with E-state index < -0.39 is 10.0 Å². The van der Waals surface area contributed by atoms with Crippen molar-refractivity contribution in [2.45, 2.75) is 38.1 Å². The minimum Gasteiger partial charge on any atom is -0.332 e. The molecule has 1 aliphatic rings. The highest BCUT2D eigenvalue weighted by molar-refractivity contribution is 7.89. The third-order valence-corrected chi connectivity index (χ3v) is 6.54. The van der Waals surface area contributed by atoms with Gasteiger partial charge >= 0.3 is 0 Å². The van der Waals surface area contributed by atoms with Crippen LogP contribution in [0.25, 0.3) is 0 Å². The summed E-state index contributed by atoms with van der Waals surface area (Å²) in [6, 6.07) is 8.93. The van der Waals surface area contributed by atoms with E-state index in [4.69, 9.17) is 0 Å². The van der Waals surface area contributed by atoms with Gasteiger partial charge in [0, 0.05) is 18.7 Å². The number of hydrogen-bond acceptors (Lipinski definition) is 3. The Morgan fingerprint density at radius 3 is 2.70 bits per heavy atom. The van der Waals surface area contributed by atoms with Gasteiger partial charge in [0.1, 0.15) is 5.82 Å². The first kappa shape index (κ1) is 19.5. The topological polar surface area (TPSA) is 66.5 Å². The molecule has 0 aliphatic carbocycles. The molecule has 0 bridgehead atoms. The third kappa shape index (κ3) is 3.75. The van der Waals surface area contributed by atoms with E-state index in [2.05, 4.69) is 4.72 Å². The van der Waals surface area contributed by atoms with Crippen LogP contribution in [-0.2, 0) is 16.4 Å². The van der Waals surface area contributed by atoms with E-state index >= 15 is 0 Å². The zero-order valence-corrected chi connectivity index (χ0v) is 16.4. The van der Waals surface area contributed by atoms with Crippen LogP contribution in [0.15, 0.2) is 41.3 Å². The number of hydrogen-bond donors (Lipinski definition) is 1. The molecule has 1 heterocycles. The van der Waals surface area contributed by atoms with Crippen LogP contribution in [-0.4, -0.2) is 32.3 Å². The van der Waals surface area contributed by atoms with Crippen LogP contribution < -0.4 is 4.72 Å². The zero-order chi connectivity index (χ0) is 19.8. The van der Waals surface area contributed by atoms with Crippen molar-refractivity contribution in [2.75, 3.05) is 13.1 Å². The minimum absolute atomic E-state index is 0.0643. The Morgan fingerprint density at radius 1 is 1.26 bits per heavy atom. The van der Waals surface area contributed by atoms with Crippen molar-refractivity contribution in [1.82, 2.24) is 9.62 Å². The van der Waals surface area contributed by atoms with Crippen LogP contribution in [0.1, 0.15) is 46.9 Å². The van der Waals surface area contributed by atoms with Crippen molar-refractivity contribution in [1.29, 1.82) is 0 Å². The average molecular weight is 390 g/mol. The SMILES string of the molecule is CCNS(=O)(=O)c1ccc(C)c(C(=O)N2CCc3ccc(F)cc3C2C)c1. The standard InChI is InChI=1S/C20H23FN2O3S/c1-4-22-27(25,26)17-8-5-13(2)18(12-17)20(24)23-10-9-15-6-7-16(21)11-19(15)14(23)3/h5-8,11-12,14,22H,4,9-10H2,1-3H3. The Labute approximate surface area is 159 Å². The minimum atomic E-state index is -3.65. The van der Waals surface area contributed by atoms with Crippen molar-refractivity contribution in [3.63, 3.8) is 0 Å². The van der Waals surface area contributed by atoms with Gasteiger partial charge in [0.25, 0.3) is 5.91 Å². The quantitative estimate of drug-likeness (QED) is 0.872. The molecule has 0 aromatic heterocycles. The number of rotatable bonds is 4. The third-order valence-electron chi connectivity index (χ3n) is 4.99. The number of amides is 1. The molecule has 1 N–H and O–H groups in total. The van der Waals surface area contributed by atoms with Crippen molar-refractivity contribution in [2.24, 2.45) is 0 Å². The van der Waals surface area contributed by atoms with E-state index in [1.165, 1.54) is 24.3 Å². The van der Waals surface area contributed by atoms with Crippen LogP contribution in [0.2, 0.25) is 0 Å². The second-order valence-electron chi connectivity index (χ2n) is 6.75. The molecule has 1 atom stereocenters. The van der Waals surface area contributed by atoms with E-state index in [0.717, 1.165) is 11.1 Å². The number of carbonyl (C=O) groups is 1. The largest absolute Gasteiger partial charge is 0.332 e. The predicted octanol–water partition coefficient (Wildman–Crippen LogP) is 3.19. The lowest BCUT2D eigenvalue weighted by molar-refractivity contribution is 0.0676. The van der Waals surface area contributed by atoms with Gasteiger partial charge in [-0.3, -0.25) is 4.79 Å². The van der Waals surface area contributed by atoms with Crippen molar-refractivity contribution in [3.05, 3.63) is 64.5 Å². The number of nitrogens with one attached hydrogen (secondary N) is 1. The van der Waals surface area contributed by atoms with Crippen LogP contribution in [0, 0.1) is 12.7 Å². The first-order valence-electron chi connectivity index (χ1n) is 8.94. The fraction of sp³-hybridized carbons (Fsp3) is 0.350. The molecular weight excluding hydrogens is 367 g/mol. The smallest absolute Gasteiger partial charge is 0.254 e. The molecule has 7 heteroatoms. The van der Waals surface area contributed by atoms with Gasteiger partial charge < -0.3 is 4.90 Å². The molecular formula is C20H23FN2O3S. The van der Waals surface area contributed by atoms with Gasteiger partial charge in [0.05, 0.1) is 10.9 Å². The summed E-state index contributed by atoms with van der Waals surface area (Å²) in [6.45, 7) is 6.11. The number of halogens is 1. The number of fused-ring (bicyclic) bond motifs is 1. The van der Waals surface area contributed by atoms with Crippen LogP contribution >= 0.6 is 0 Å². The van der Waals surface area contributed by atoms with Gasteiger partial charge in [0.15, 0.2) is 0 Å². The molecule has 0 fully saturated rings. The number of carbonyl (C=O) groups excluding carboxylic acids is 1. The van der Waals surface area contributed by atoms with Crippen molar-refractivity contribution in [3.8, 4) is 0 Å². The lowest BCUT2D eigenvalue weighted by Crippen LogP contribution is -2.39. The monoisotopic (exact) mass is 390 g/mol. The Bertz CT molecular complexity index is 989. The number of aryl methyl sites for hydroxylation is 1. The summed E-state index contributed by atoms with van der Waals surface area (Å²) in [4.78, 5) is 14.9. The molecule has 1 unspecified atom stereocenters. The van der Waals surface area contributed by atoms with Crippen LogP contribution in [0.4, 0.5) is 4.39 Å². The maximum atomic E-state index is 13.7. The van der Waals surface area contributed by atoms with Crippen LogP contribution in [0.5, 0.6) is 0 Å². The summed E-state index contributed by atoms with van der Waals surface area (Å²) < 4.78 is 40.7. The van der Waals surface area contributed by atoms with Crippen molar-refractivity contribution < 1.29 is 17.6 Å². The number of sulfonamides is 1. The normalized spacial score (nSPS) is 16.9. The summed E-state index contributed by atoms with van der Waals surface area (Å²) in [5.74, 6) is -0.576. The van der Waals surface area contributed by atoms with E-state index in [-0.39, 0.29) is 29.2 Å². The Balaban J connectivity index is 1.97. The molecule has 0 radical (unpaired) electrons. The second-order valence-corrected chi connectivity index (χ2v) is 8.51. The van der Waals surface area contributed by atoms with E-state index in [9.17, 15) is 17.6 Å². The summed E-state index contributed by atoms with van der Waals surface area (Å²) in [6.07, 6.45) is 0.639. The van der Waals surface area contributed by atoms with E-state index in [0.29, 0.717) is 24.1 Å². The van der Waals surface area contributed by atoms with Gasteiger partial charge in [-0.05, 0) is 61.2 Å². The zero-order valence-electron chi connectivity index (χ0n) is 15.6. The maximum Gasteiger partial charge on any atom is 0.254 e. The summed E-state index contributed by atoms with van der Waals surface area (Å²) in [7, 11) is -3.65. The summed E-state index contributed by atoms with van der Waals surface area (Å²) in [5.41, 5.74) is 2.88. The number of nitrogens with zero attached hydrogens (tertiary/aromatic N) is 1. The Kier molecular flexibility index (Phi) is 5.35. The molecule has 144 valence electrons. The lowest BCUT2D eigenvalue weighted by atomic mass is 9.92. The first-order chi connectivity index (χ1) is 12.7. The van der Waals surface area contributed by atoms with E-state index in [1.807, 2.05) is 6.92 Å². The van der Waals surface area contributed by atoms with Crippen LogP contribution in [0.3, 0.4) is 0 Å². The fourth-order valence-electron chi connectivity index (χ4n) is 3.49. The molecule has 3 rings (SSSR count). The molecule has 2 aromatic carbocycles. The molecule has 2 aromatic rings. The van der Waals surface area contributed by atoms with Gasteiger partial charge in [-0.2, -0.15) is 0 Å². The molecule has 0 saturated carbocycles. The molecule has 5 nitrogen and oxygen atoms in total. The second kappa shape index (κ2) is 7.40. The molecule has 27 heavy (non-hydrogen) atoms. The maximum absolute atomic E-state index is 13.7. The first-order valence-corrected chi connectivity index (χ1v) is 10.4. The number of benzene rings is 2. The fourth-order valence-corrected chi connectivity index (χ4v) is 4.56. The molecule has 0 spiro atoms. The predicted molar refractivity (Wildman–Crippen MR) is 102 cm³/mol. The molecule has 1 amide bonds. The highest BCUT2D eigenvalue weighted by atomic mass is 32.2. The van der Waals surface area contributed by atoms with Gasteiger partial charge in [0.2, 0.25) is 10.0 Å². The summed E-state index contributed by atoms with van der Waals surface area (Å²) in [5, 5.41) is 0. The average Bonchev–Trinajstić information content (AvgIpc) is 2.62. The molecule has 0 saturated heterocycles. The summed E-state index contributed by atoms with van der Waals surface area (Å²) >= 11 is 0. The lowest BCUT2D eigenvalue weighted by Gasteiger charge is -2.35. The van der Waals surface area contributed by atoms with Gasteiger partial charge in [-0.15, -0.1) is 0 Å². The van der Waals surface area contributed by atoms with Gasteiger partial charge in [-0.1, -0.05) is 19.1 Å². The Hall–Kier alpha value is -2.25. The highest BCUT2D eigenvalue weighted by Gasteiger charge is 2.30. The van der Waals surface area contributed by atoms with Gasteiger partial charge in [-0.25, -0.2) is 17.5 Å². The van der Waals surface area contributed by atoms with E-state index in [1.54, 1.807) is 30.9 Å². The highest BCUT2D eigenvalue weighted by Crippen LogP contribution is 2.32.